The van der Waals surface area contributed by atoms with Crippen molar-refractivity contribution in [1.82, 2.24) is 15.5 Å². The summed E-state index contributed by atoms with van der Waals surface area (Å²) >= 11 is 5.78. The quantitative estimate of drug-likeness (QED) is 0.746. The van der Waals surface area contributed by atoms with Crippen LogP contribution in [0.3, 0.4) is 0 Å². The number of carbonyl (C=O) groups is 3. The summed E-state index contributed by atoms with van der Waals surface area (Å²) < 4.78 is 0. The molecular weight excluding hydrogens is 334 g/mol. The fraction of sp³-hybridized carbons (Fsp3) is 0.438. The SMILES string of the molecule is CC1C(C(=O)O)CCN1C(=O)CNC(=O)NCc1ccc(Cl)cc1. The normalized spacial score (nSPS) is 19.8. The minimum atomic E-state index is -0.897. The lowest BCUT2D eigenvalue weighted by Gasteiger charge is -2.23. The maximum Gasteiger partial charge on any atom is 0.315 e. The summed E-state index contributed by atoms with van der Waals surface area (Å²) in [6.45, 7) is 2.26. The van der Waals surface area contributed by atoms with Crippen LogP contribution in [0.15, 0.2) is 24.3 Å². The van der Waals surface area contributed by atoms with Gasteiger partial charge < -0.3 is 20.6 Å². The number of carboxylic acid groups (broad SMARTS) is 1. The average Bonchev–Trinajstić information content (AvgIpc) is 2.94. The number of nitrogens with zero attached hydrogens (tertiary/aromatic N) is 1. The summed E-state index contributed by atoms with van der Waals surface area (Å²) in [4.78, 5) is 36.4. The molecule has 0 spiro atoms. The van der Waals surface area contributed by atoms with Crippen LogP contribution in [-0.2, 0) is 16.1 Å². The molecule has 2 unspecified atom stereocenters. The molecule has 1 aliphatic rings. The van der Waals surface area contributed by atoms with Crippen LogP contribution in [0.25, 0.3) is 0 Å². The lowest BCUT2D eigenvalue weighted by Crippen LogP contribution is -2.45. The van der Waals surface area contributed by atoms with E-state index in [-0.39, 0.29) is 18.5 Å². The van der Waals surface area contributed by atoms with Crippen LogP contribution >= 0.6 is 11.6 Å². The second-order valence-electron chi connectivity index (χ2n) is 5.72. The fourth-order valence-electron chi connectivity index (χ4n) is 2.73. The predicted octanol–water partition coefficient (Wildman–Crippen LogP) is 1.46. The number of nitrogens with one attached hydrogen (secondary N) is 2. The maximum absolute atomic E-state index is 12.1. The number of carbonyl (C=O) groups excluding carboxylic acids is 2. The van der Waals surface area contributed by atoms with E-state index in [1.165, 1.54) is 4.90 Å². The Kier molecular flexibility index (Phi) is 6.03. The molecule has 0 bridgehead atoms. The molecule has 3 N–H and O–H groups in total. The lowest BCUT2D eigenvalue weighted by molar-refractivity contribution is -0.143. The Labute approximate surface area is 145 Å². The van der Waals surface area contributed by atoms with Crippen LogP contribution in [0.4, 0.5) is 4.79 Å². The monoisotopic (exact) mass is 353 g/mol. The first-order valence-corrected chi connectivity index (χ1v) is 8.04. The number of halogens is 1. The van der Waals surface area contributed by atoms with E-state index >= 15 is 0 Å². The van der Waals surface area contributed by atoms with Gasteiger partial charge in [-0.15, -0.1) is 0 Å². The number of urea groups is 1. The van der Waals surface area contributed by atoms with Crippen LogP contribution in [0.1, 0.15) is 18.9 Å². The van der Waals surface area contributed by atoms with Crippen molar-refractivity contribution in [3.63, 3.8) is 0 Å². The van der Waals surface area contributed by atoms with E-state index in [4.69, 9.17) is 16.7 Å². The first-order valence-electron chi connectivity index (χ1n) is 7.67. The number of hydrogen-bond acceptors (Lipinski definition) is 3. The van der Waals surface area contributed by atoms with Gasteiger partial charge in [-0.3, -0.25) is 9.59 Å². The van der Waals surface area contributed by atoms with Gasteiger partial charge in [-0.2, -0.15) is 0 Å². The molecule has 1 saturated heterocycles. The maximum atomic E-state index is 12.1. The molecule has 8 heteroatoms. The minimum Gasteiger partial charge on any atom is -0.481 e. The van der Waals surface area contributed by atoms with Crippen LogP contribution in [-0.4, -0.2) is 47.0 Å². The van der Waals surface area contributed by atoms with Gasteiger partial charge in [0.1, 0.15) is 0 Å². The van der Waals surface area contributed by atoms with Gasteiger partial charge in [-0.25, -0.2) is 4.79 Å². The van der Waals surface area contributed by atoms with E-state index in [0.29, 0.717) is 24.5 Å². The molecule has 0 radical (unpaired) electrons. The number of aliphatic carboxylic acids is 1. The van der Waals surface area contributed by atoms with Gasteiger partial charge in [0, 0.05) is 24.2 Å². The number of benzene rings is 1. The molecule has 1 heterocycles. The number of hydrogen-bond donors (Lipinski definition) is 3. The van der Waals surface area contributed by atoms with Crippen molar-refractivity contribution in [3.8, 4) is 0 Å². The molecular formula is C16H20ClN3O4. The predicted molar refractivity (Wildman–Crippen MR) is 88.6 cm³/mol. The Morgan fingerprint density at radius 3 is 2.50 bits per heavy atom. The molecule has 0 aliphatic carbocycles. The molecule has 3 amide bonds. The summed E-state index contributed by atoms with van der Waals surface area (Å²) in [6.07, 6.45) is 0.436. The Morgan fingerprint density at radius 2 is 1.92 bits per heavy atom. The summed E-state index contributed by atoms with van der Waals surface area (Å²) in [7, 11) is 0. The zero-order valence-electron chi connectivity index (χ0n) is 13.3. The van der Waals surface area contributed by atoms with Crippen molar-refractivity contribution < 1.29 is 19.5 Å². The van der Waals surface area contributed by atoms with Crippen molar-refractivity contribution in [3.05, 3.63) is 34.9 Å². The summed E-state index contributed by atoms with van der Waals surface area (Å²) in [5.41, 5.74) is 0.887. The number of rotatable bonds is 5. The van der Waals surface area contributed by atoms with Gasteiger partial charge in [0.2, 0.25) is 5.91 Å². The Balaban J connectivity index is 1.74. The molecule has 2 atom stereocenters. The topological polar surface area (TPSA) is 98.7 Å². The third-order valence-electron chi connectivity index (χ3n) is 4.16. The molecule has 2 rings (SSSR count). The van der Waals surface area contributed by atoms with E-state index in [2.05, 4.69) is 10.6 Å². The molecule has 1 aromatic rings. The van der Waals surface area contributed by atoms with Gasteiger partial charge in [0.05, 0.1) is 12.5 Å². The first-order chi connectivity index (χ1) is 11.4. The van der Waals surface area contributed by atoms with E-state index in [1.54, 1.807) is 31.2 Å². The van der Waals surface area contributed by atoms with Crippen LogP contribution < -0.4 is 10.6 Å². The Morgan fingerprint density at radius 1 is 1.25 bits per heavy atom. The molecule has 1 aliphatic heterocycles. The van der Waals surface area contributed by atoms with Gasteiger partial charge in [0.25, 0.3) is 0 Å². The summed E-state index contributed by atoms with van der Waals surface area (Å²) in [5, 5.41) is 14.8. The highest BCUT2D eigenvalue weighted by Gasteiger charge is 2.37. The van der Waals surface area contributed by atoms with Gasteiger partial charge in [-0.05, 0) is 31.0 Å². The highest BCUT2D eigenvalue weighted by molar-refractivity contribution is 6.30. The van der Waals surface area contributed by atoms with Gasteiger partial charge in [-0.1, -0.05) is 23.7 Å². The van der Waals surface area contributed by atoms with E-state index in [1.807, 2.05) is 0 Å². The zero-order chi connectivity index (χ0) is 17.7. The van der Waals surface area contributed by atoms with Gasteiger partial charge in [0.15, 0.2) is 0 Å². The standard InChI is InChI=1S/C16H20ClN3O4/c1-10-13(15(22)23)6-7-20(10)14(21)9-19-16(24)18-8-11-2-4-12(17)5-3-11/h2-5,10,13H,6-9H2,1H3,(H,22,23)(H2,18,19,24). The molecule has 1 fully saturated rings. The number of carboxylic acids is 1. The van der Waals surface area contributed by atoms with Crippen molar-refractivity contribution in [1.29, 1.82) is 0 Å². The van der Waals surface area contributed by atoms with Crippen LogP contribution in [0.2, 0.25) is 5.02 Å². The molecule has 130 valence electrons. The van der Waals surface area contributed by atoms with E-state index < -0.39 is 17.9 Å². The second-order valence-corrected chi connectivity index (χ2v) is 6.16. The van der Waals surface area contributed by atoms with E-state index in [0.717, 1.165) is 5.56 Å². The lowest BCUT2D eigenvalue weighted by atomic mass is 10.0. The first kappa shape index (κ1) is 18.1. The Hall–Kier alpha value is -2.28. The van der Waals surface area contributed by atoms with Crippen molar-refractivity contribution in [2.45, 2.75) is 25.9 Å². The highest BCUT2D eigenvalue weighted by atomic mass is 35.5. The molecule has 0 aromatic heterocycles. The number of amides is 3. The fourth-order valence-corrected chi connectivity index (χ4v) is 2.85. The van der Waals surface area contributed by atoms with Crippen molar-refractivity contribution in [2.75, 3.05) is 13.1 Å². The largest absolute Gasteiger partial charge is 0.481 e. The second kappa shape index (κ2) is 8.01. The Bertz CT molecular complexity index is 620. The van der Waals surface area contributed by atoms with Crippen LogP contribution in [0.5, 0.6) is 0 Å². The molecule has 24 heavy (non-hydrogen) atoms. The number of likely N-dealkylation sites (tertiary alicyclic amines) is 1. The average molecular weight is 354 g/mol. The third kappa shape index (κ3) is 4.61. The molecule has 1 aromatic carbocycles. The summed E-state index contributed by atoms with van der Waals surface area (Å²) in [6, 6.07) is 6.23. The van der Waals surface area contributed by atoms with Crippen LogP contribution in [0, 0.1) is 5.92 Å². The van der Waals surface area contributed by atoms with E-state index in [9.17, 15) is 14.4 Å². The minimum absolute atomic E-state index is 0.164. The molecule has 7 nitrogen and oxygen atoms in total. The zero-order valence-corrected chi connectivity index (χ0v) is 14.0. The highest BCUT2D eigenvalue weighted by Crippen LogP contribution is 2.24. The van der Waals surface area contributed by atoms with Crippen molar-refractivity contribution in [2.24, 2.45) is 5.92 Å². The summed E-state index contributed by atoms with van der Waals surface area (Å²) in [5.74, 6) is -1.73. The van der Waals surface area contributed by atoms with Crippen molar-refractivity contribution >= 4 is 29.5 Å². The third-order valence-corrected chi connectivity index (χ3v) is 4.41. The van der Waals surface area contributed by atoms with Gasteiger partial charge >= 0.3 is 12.0 Å². The molecule has 0 saturated carbocycles. The smallest absolute Gasteiger partial charge is 0.315 e.